The molecule has 3 nitrogen and oxygen atoms in total. The number of rotatable bonds is 3. The number of hydrogen-bond acceptors (Lipinski definition) is 1. The number of fused-ring (bicyclic) bond motifs is 15. The van der Waals surface area contributed by atoms with E-state index in [-0.39, 0.29) is 10.8 Å². The average Bonchev–Trinajstić information content (AvgIpc) is 3.99. The predicted octanol–water partition coefficient (Wildman–Crippen LogP) is 15.8. The third-order valence-corrected chi connectivity index (χ3v) is 15.7. The van der Waals surface area contributed by atoms with Crippen molar-refractivity contribution in [2.45, 2.75) is 58.3 Å². The standard InChI is InChI=1S/C62H47N3/c1-35-24-25-63-60(26-35)65-58-23-19-39(37-17-21-55-47(28-37)43-11-7-9-13-53(43)62(55,4)5)30-50(58)51-32-41-15-14-40-31-49-48-29-38(18-22-56(48)64-57(49)33-44(40)45(41)34-59(51)65)36-16-20-54-46(27-36)42-10-6-8-12-52(42)61(54,2)3/h6-13,16-34,64H,14-15H2,1-5H3. The second-order valence-corrected chi connectivity index (χ2v) is 20.1. The maximum atomic E-state index is 4.98. The number of aryl methyl sites for hydroxylation is 3. The van der Waals surface area contributed by atoms with Gasteiger partial charge in [0.15, 0.2) is 0 Å². The summed E-state index contributed by atoms with van der Waals surface area (Å²) >= 11 is 0. The maximum Gasteiger partial charge on any atom is 0.137 e. The number of nitrogens with zero attached hydrogens (tertiary/aromatic N) is 2. The summed E-state index contributed by atoms with van der Waals surface area (Å²) in [4.78, 5) is 8.82. The van der Waals surface area contributed by atoms with E-state index in [9.17, 15) is 0 Å². The van der Waals surface area contributed by atoms with Crippen LogP contribution in [0, 0.1) is 6.92 Å². The van der Waals surface area contributed by atoms with Crippen molar-refractivity contribution in [1.29, 1.82) is 0 Å². The van der Waals surface area contributed by atoms with Crippen LogP contribution in [-0.4, -0.2) is 14.5 Å². The van der Waals surface area contributed by atoms with Gasteiger partial charge >= 0.3 is 0 Å². The van der Waals surface area contributed by atoms with E-state index in [1.165, 1.54) is 138 Å². The predicted molar refractivity (Wildman–Crippen MR) is 272 cm³/mol. The third kappa shape index (κ3) is 5.10. The normalized spacial score (nSPS) is 15.0. The van der Waals surface area contributed by atoms with Gasteiger partial charge in [-0.2, -0.15) is 0 Å². The Labute approximate surface area is 379 Å². The van der Waals surface area contributed by atoms with E-state index < -0.39 is 0 Å². The highest BCUT2D eigenvalue weighted by Gasteiger charge is 2.36. The van der Waals surface area contributed by atoms with Crippen LogP contribution in [0.15, 0.2) is 164 Å². The van der Waals surface area contributed by atoms with Crippen molar-refractivity contribution in [1.82, 2.24) is 14.5 Å². The van der Waals surface area contributed by atoms with Crippen molar-refractivity contribution in [3.05, 3.63) is 203 Å². The van der Waals surface area contributed by atoms with Gasteiger partial charge < -0.3 is 4.98 Å². The minimum absolute atomic E-state index is 0.00121. The topological polar surface area (TPSA) is 33.6 Å². The van der Waals surface area contributed by atoms with Crippen LogP contribution in [0.2, 0.25) is 0 Å². The lowest BCUT2D eigenvalue weighted by Gasteiger charge is -2.21. The molecule has 310 valence electrons. The Bertz CT molecular complexity index is 3910. The van der Waals surface area contributed by atoms with E-state index in [0.29, 0.717) is 0 Å². The Morgan fingerprint density at radius 3 is 1.62 bits per heavy atom. The fourth-order valence-electron chi connectivity index (χ4n) is 12.3. The summed E-state index contributed by atoms with van der Waals surface area (Å²) in [5, 5.41) is 5.11. The van der Waals surface area contributed by atoms with E-state index in [0.717, 1.165) is 18.7 Å². The zero-order valence-electron chi connectivity index (χ0n) is 37.4. The molecule has 3 aromatic heterocycles. The van der Waals surface area contributed by atoms with E-state index in [1.54, 1.807) is 0 Å². The summed E-state index contributed by atoms with van der Waals surface area (Å²) in [6.45, 7) is 11.6. The minimum atomic E-state index is -0.0150. The van der Waals surface area contributed by atoms with Crippen LogP contribution in [0.1, 0.15) is 66.6 Å². The van der Waals surface area contributed by atoms with Gasteiger partial charge in [0.05, 0.1) is 11.0 Å². The summed E-state index contributed by atoms with van der Waals surface area (Å²) in [5.41, 5.74) is 27.4. The van der Waals surface area contributed by atoms with Crippen molar-refractivity contribution in [3.8, 4) is 61.5 Å². The molecule has 0 radical (unpaired) electrons. The molecule has 65 heavy (non-hydrogen) atoms. The Morgan fingerprint density at radius 2 is 0.954 bits per heavy atom. The molecule has 0 amide bonds. The first kappa shape index (κ1) is 36.9. The number of pyridine rings is 1. The lowest BCUT2D eigenvalue weighted by atomic mass is 9.82. The molecule has 0 bridgehead atoms. The van der Waals surface area contributed by atoms with Crippen LogP contribution in [0.3, 0.4) is 0 Å². The zero-order valence-corrected chi connectivity index (χ0v) is 37.4. The van der Waals surface area contributed by atoms with Gasteiger partial charge in [-0.3, -0.25) is 4.57 Å². The first-order valence-corrected chi connectivity index (χ1v) is 23.2. The Morgan fingerprint density at radius 1 is 0.431 bits per heavy atom. The molecule has 0 spiro atoms. The van der Waals surface area contributed by atoms with Crippen molar-refractivity contribution >= 4 is 43.6 Å². The Hall–Kier alpha value is -7.49. The molecule has 3 heterocycles. The van der Waals surface area contributed by atoms with Crippen LogP contribution < -0.4 is 0 Å². The lowest BCUT2D eigenvalue weighted by molar-refractivity contribution is 0.660. The highest BCUT2D eigenvalue weighted by molar-refractivity contribution is 6.13. The quantitative estimate of drug-likeness (QED) is 0.189. The molecular formula is C62H47N3. The lowest BCUT2D eigenvalue weighted by Crippen LogP contribution is -2.14. The molecule has 3 aliphatic carbocycles. The van der Waals surface area contributed by atoms with Gasteiger partial charge in [-0.15, -0.1) is 0 Å². The van der Waals surface area contributed by atoms with E-state index in [2.05, 4.69) is 202 Å². The van der Waals surface area contributed by atoms with Crippen molar-refractivity contribution in [2.75, 3.05) is 0 Å². The third-order valence-electron chi connectivity index (χ3n) is 15.7. The van der Waals surface area contributed by atoms with E-state index in [1.807, 2.05) is 6.20 Å². The molecule has 3 aliphatic rings. The van der Waals surface area contributed by atoms with Gasteiger partial charge in [0, 0.05) is 49.6 Å². The number of aromatic amines is 1. The molecule has 11 aromatic rings. The van der Waals surface area contributed by atoms with Gasteiger partial charge in [-0.25, -0.2) is 4.98 Å². The largest absolute Gasteiger partial charge is 0.354 e. The van der Waals surface area contributed by atoms with Crippen LogP contribution in [-0.2, 0) is 23.7 Å². The van der Waals surface area contributed by atoms with E-state index >= 15 is 0 Å². The Balaban J connectivity index is 0.902. The zero-order chi connectivity index (χ0) is 43.5. The highest BCUT2D eigenvalue weighted by atomic mass is 15.1. The number of nitrogens with one attached hydrogen (secondary N) is 1. The number of aromatic nitrogens is 3. The van der Waals surface area contributed by atoms with Gasteiger partial charge in [-0.05, 0) is 187 Å². The summed E-state index contributed by atoms with van der Waals surface area (Å²) in [5.74, 6) is 0.947. The van der Waals surface area contributed by atoms with Crippen molar-refractivity contribution < 1.29 is 0 Å². The first-order chi connectivity index (χ1) is 31.6. The second-order valence-electron chi connectivity index (χ2n) is 20.1. The van der Waals surface area contributed by atoms with E-state index in [4.69, 9.17) is 4.98 Å². The minimum Gasteiger partial charge on any atom is -0.354 e. The molecule has 0 saturated heterocycles. The van der Waals surface area contributed by atoms with Crippen LogP contribution >= 0.6 is 0 Å². The van der Waals surface area contributed by atoms with Crippen LogP contribution in [0.5, 0.6) is 0 Å². The molecule has 14 rings (SSSR count). The molecule has 8 aromatic carbocycles. The average molecular weight is 834 g/mol. The van der Waals surface area contributed by atoms with Gasteiger partial charge in [0.2, 0.25) is 0 Å². The number of hydrogen-bond donors (Lipinski definition) is 1. The van der Waals surface area contributed by atoms with Crippen molar-refractivity contribution in [3.63, 3.8) is 0 Å². The second kappa shape index (κ2) is 12.8. The first-order valence-electron chi connectivity index (χ1n) is 23.2. The molecule has 0 fully saturated rings. The fraction of sp³-hybridized carbons (Fsp3) is 0.145. The molecule has 1 N–H and O–H groups in total. The van der Waals surface area contributed by atoms with Crippen LogP contribution in [0.25, 0.3) is 105 Å². The summed E-state index contributed by atoms with van der Waals surface area (Å²) in [6.07, 6.45) is 3.95. The fourth-order valence-corrected chi connectivity index (χ4v) is 12.3. The van der Waals surface area contributed by atoms with Gasteiger partial charge in [-0.1, -0.05) is 113 Å². The van der Waals surface area contributed by atoms with Crippen LogP contribution in [0.4, 0.5) is 0 Å². The van der Waals surface area contributed by atoms with Gasteiger partial charge in [0.1, 0.15) is 5.82 Å². The number of benzene rings is 8. The summed E-state index contributed by atoms with van der Waals surface area (Å²) in [6, 6.07) is 60.2. The molecule has 0 unspecified atom stereocenters. The summed E-state index contributed by atoms with van der Waals surface area (Å²) in [7, 11) is 0. The SMILES string of the molecule is Cc1ccnc(-n2c3ccc(-c4ccc5c(c4)-c4ccccc4C5(C)C)cc3c3cc4c(cc32)-c2cc3[nH]c5ccc(-c6ccc7c(c6)-c6ccccc6C7(C)C)cc5c3cc2CC4)c1. The molecule has 0 aliphatic heterocycles. The van der Waals surface area contributed by atoms with Gasteiger partial charge in [0.25, 0.3) is 0 Å². The summed E-state index contributed by atoms with van der Waals surface area (Å²) < 4.78 is 2.39. The monoisotopic (exact) mass is 833 g/mol. The maximum absolute atomic E-state index is 4.98. The smallest absolute Gasteiger partial charge is 0.137 e. The number of H-pyrrole nitrogens is 1. The highest BCUT2D eigenvalue weighted by Crippen LogP contribution is 2.52. The molecule has 3 heteroatoms. The van der Waals surface area contributed by atoms with Crippen molar-refractivity contribution in [2.24, 2.45) is 0 Å². The molecule has 0 atom stereocenters. The molecular weight excluding hydrogens is 787 g/mol. The Kier molecular flexibility index (Phi) is 7.29. The molecule has 0 saturated carbocycles.